The average Bonchev–Trinajstić information content (AvgIpc) is 1.95. The van der Waals surface area contributed by atoms with Crippen LogP contribution < -0.4 is 5.32 Å². The average molecular weight is 153 g/mol. The number of allylic oxidation sites excluding steroid dienone is 1. The van der Waals surface area contributed by atoms with Crippen LogP contribution in [0.4, 0.5) is 0 Å². The number of nitrogens with one attached hydrogen (secondary N) is 1. The van der Waals surface area contributed by atoms with Crippen LogP contribution in [0.1, 0.15) is 33.1 Å². The van der Waals surface area contributed by atoms with Crippen molar-refractivity contribution in [3.8, 4) is 0 Å². The van der Waals surface area contributed by atoms with Gasteiger partial charge >= 0.3 is 0 Å². The molecule has 0 spiro atoms. The molecule has 0 radical (unpaired) electrons. The third-order valence-corrected chi connectivity index (χ3v) is 2.20. The van der Waals surface area contributed by atoms with Crippen LogP contribution in [0.3, 0.4) is 0 Å². The van der Waals surface area contributed by atoms with Gasteiger partial charge in [0.2, 0.25) is 5.91 Å². The van der Waals surface area contributed by atoms with Crippen LogP contribution >= 0.6 is 0 Å². The Balaban J connectivity index is 2.67. The van der Waals surface area contributed by atoms with Gasteiger partial charge in [-0.05, 0) is 26.7 Å². The number of carbonyl (C=O) groups excluding carboxylic acids is 1. The summed E-state index contributed by atoms with van der Waals surface area (Å²) in [6.07, 6.45) is 2.80. The molecule has 0 saturated carbocycles. The first-order chi connectivity index (χ1) is 5.20. The fourth-order valence-corrected chi connectivity index (χ4v) is 1.25. The van der Waals surface area contributed by atoms with Crippen LogP contribution in [0.25, 0.3) is 0 Å². The van der Waals surface area contributed by atoms with E-state index in [1.807, 2.05) is 6.92 Å². The number of amides is 1. The van der Waals surface area contributed by atoms with Gasteiger partial charge in [-0.15, -0.1) is 0 Å². The fourth-order valence-electron chi connectivity index (χ4n) is 1.25. The molecule has 2 nitrogen and oxygen atoms in total. The Hall–Kier alpha value is -0.790. The summed E-state index contributed by atoms with van der Waals surface area (Å²) in [5, 5.41) is 2.86. The van der Waals surface area contributed by atoms with Crippen molar-refractivity contribution in [2.45, 2.75) is 33.1 Å². The molecule has 11 heavy (non-hydrogen) atoms. The van der Waals surface area contributed by atoms with E-state index in [-0.39, 0.29) is 5.91 Å². The van der Waals surface area contributed by atoms with Crippen molar-refractivity contribution in [2.24, 2.45) is 0 Å². The Morgan fingerprint density at radius 3 is 2.73 bits per heavy atom. The van der Waals surface area contributed by atoms with E-state index >= 15 is 0 Å². The Morgan fingerprint density at radius 2 is 2.00 bits per heavy atom. The molecule has 0 unspecified atom stereocenters. The van der Waals surface area contributed by atoms with Crippen LogP contribution in [-0.2, 0) is 4.79 Å². The molecular formula is C9H15NO. The lowest BCUT2D eigenvalue weighted by atomic mass is 10.0. The molecule has 62 valence electrons. The van der Waals surface area contributed by atoms with Crippen molar-refractivity contribution in [3.63, 3.8) is 0 Å². The van der Waals surface area contributed by atoms with Gasteiger partial charge in [0.1, 0.15) is 0 Å². The van der Waals surface area contributed by atoms with Gasteiger partial charge in [0, 0.05) is 13.0 Å². The van der Waals surface area contributed by atoms with Crippen LogP contribution in [0.5, 0.6) is 0 Å². The van der Waals surface area contributed by atoms with Crippen LogP contribution in [0.15, 0.2) is 11.1 Å². The first-order valence-corrected chi connectivity index (χ1v) is 4.12. The molecule has 1 heterocycles. The normalized spacial score (nSPS) is 27.3. The van der Waals surface area contributed by atoms with Crippen LogP contribution in [-0.4, -0.2) is 12.5 Å². The summed E-state index contributed by atoms with van der Waals surface area (Å²) in [6, 6.07) is 0. The molecule has 0 aromatic rings. The maximum atomic E-state index is 11.0. The molecule has 0 aromatic heterocycles. The molecule has 0 saturated heterocycles. The van der Waals surface area contributed by atoms with Crippen molar-refractivity contribution >= 4 is 5.91 Å². The van der Waals surface area contributed by atoms with E-state index in [0.717, 1.165) is 19.4 Å². The molecule has 1 N–H and O–H groups in total. The summed E-state index contributed by atoms with van der Waals surface area (Å²) < 4.78 is 0. The third kappa shape index (κ3) is 2.37. The second-order valence-corrected chi connectivity index (χ2v) is 3.19. The zero-order chi connectivity index (χ0) is 8.27. The molecule has 1 aliphatic heterocycles. The number of carbonyl (C=O) groups is 1. The van der Waals surface area contributed by atoms with Gasteiger partial charge in [-0.25, -0.2) is 0 Å². The molecule has 0 aliphatic carbocycles. The molecular weight excluding hydrogens is 138 g/mol. The first kappa shape index (κ1) is 8.31. The van der Waals surface area contributed by atoms with E-state index in [9.17, 15) is 4.79 Å². The monoisotopic (exact) mass is 153 g/mol. The van der Waals surface area contributed by atoms with E-state index in [1.54, 1.807) is 0 Å². The number of hydrogen-bond donors (Lipinski definition) is 1. The molecule has 0 fully saturated rings. The van der Waals surface area contributed by atoms with E-state index in [0.29, 0.717) is 6.42 Å². The third-order valence-electron chi connectivity index (χ3n) is 2.20. The maximum Gasteiger partial charge on any atom is 0.224 e. The minimum atomic E-state index is 0.168. The predicted octanol–water partition coefficient (Wildman–Crippen LogP) is 1.62. The highest BCUT2D eigenvalue weighted by Gasteiger charge is 2.07. The first-order valence-electron chi connectivity index (χ1n) is 4.12. The molecule has 1 aliphatic rings. The summed E-state index contributed by atoms with van der Waals surface area (Å²) in [7, 11) is 0. The van der Waals surface area contributed by atoms with E-state index in [1.165, 1.54) is 11.1 Å². The minimum absolute atomic E-state index is 0.168. The quantitative estimate of drug-likeness (QED) is 0.526. The summed E-state index contributed by atoms with van der Waals surface area (Å²) >= 11 is 0. The fraction of sp³-hybridized carbons (Fsp3) is 0.667. The topological polar surface area (TPSA) is 29.1 Å². The smallest absolute Gasteiger partial charge is 0.224 e. The van der Waals surface area contributed by atoms with E-state index in [4.69, 9.17) is 0 Å². The van der Waals surface area contributed by atoms with Crippen molar-refractivity contribution in [1.29, 1.82) is 0 Å². The van der Waals surface area contributed by atoms with Crippen molar-refractivity contribution in [3.05, 3.63) is 11.1 Å². The molecule has 0 aromatic carbocycles. The van der Waals surface area contributed by atoms with E-state index < -0.39 is 0 Å². The molecule has 1 amide bonds. The highest BCUT2D eigenvalue weighted by atomic mass is 16.1. The van der Waals surface area contributed by atoms with Gasteiger partial charge in [-0.2, -0.15) is 0 Å². The highest BCUT2D eigenvalue weighted by molar-refractivity contribution is 5.78. The zero-order valence-corrected chi connectivity index (χ0v) is 7.24. The Labute approximate surface area is 67.7 Å². The molecule has 0 bridgehead atoms. The minimum Gasteiger partial charge on any atom is -0.356 e. The Bertz CT molecular complexity index is 194. The Kier molecular flexibility index (Phi) is 2.69. The van der Waals surface area contributed by atoms with Crippen molar-refractivity contribution < 1.29 is 4.79 Å². The van der Waals surface area contributed by atoms with Gasteiger partial charge in [0.25, 0.3) is 0 Å². The second kappa shape index (κ2) is 3.56. The van der Waals surface area contributed by atoms with Gasteiger partial charge in [-0.1, -0.05) is 11.1 Å². The lowest BCUT2D eigenvalue weighted by molar-refractivity contribution is -0.120. The molecule has 1 rings (SSSR count). The summed E-state index contributed by atoms with van der Waals surface area (Å²) in [5.41, 5.74) is 2.63. The number of rotatable bonds is 0. The van der Waals surface area contributed by atoms with Gasteiger partial charge in [0.15, 0.2) is 0 Å². The SMILES string of the molecule is C/C1=C(/C)CC(=O)NCCC1. The van der Waals surface area contributed by atoms with Crippen LogP contribution in [0, 0.1) is 0 Å². The molecule has 0 atom stereocenters. The zero-order valence-electron chi connectivity index (χ0n) is 7.24. The summed E-state index contributed by atoms with van der Waals surface area (Å²) in [5.74, 6) is 0.168. The maximum absolute atomic E-state index is 11.0. The lowest BCUT2D eigenvalue weighted by Crippen LogP contribution is -2.25. The van der Waals surface area contributed by atoms with Gasteiger partial charge < -0.3 is 5.32 Å². The highest BCUT2D eigenvalue weighted by Crippen LogP contribution is 2.14. The van der Waals surface area contributed by atoms with E-state index in [2.05, 4.69) is 12.2 Å². The second-order valence-electron chi connectivity index (χ2n) is 3.19. The lowest BCUT2D eigenvalue weighted by Gasteiger charge is -2.12. The van der Waals surface area contributed by atoms with Gasteiger partial charge in [0.05, 0.1) is 0 Å². The largest absolute Gasteiger partial charge is 0.356 e. The van der Waals surface area contributed by atoms with Gasteiger partial charge in [-0.3, -0.25) is 4.79 Å². The van der Waals surface area contributed by atoms with Crippen molar-refractivity contribution in [1.82, 2.24) is 5.32 Å². The van der Waals surface area contributed by atoms with Crippen molar-refractivity contribution in [2.75, 3.05) is 6.54 Å². The standard InChI is InChI=1S/C9H15NO/c1-7-4-3-5-10-9(11)6-8(7)2/h3-6H2,1-2H3,(H,10,11)/b8-7+. The Morgan fingerprint density at radius 1 is 1.27 bits per heavy atom. The summed E-state index contributed by atoms with van der Waals surface area (Å²) in [6.45, 7) is 5.00. The molecule has 2 heteroatoms. The number of hydrogen-bond acceptors (Lipinski definition) is 1. The van der Waals surface area contributed by atoms with Crippen LogP contribution in [0.2, 0.25) is 0 Å². The summed E-state index contributed by atoms with van der Waals surface area (Å²) in [4.78, 5) is 11.0. The predicted molar refractivity (Wildman–Crippen MR) is 45.2 cm³/mol.